The first kappa shape index (κ1) is 14.9. The second-order valence-corrected chi connectivity index (χ2v) is 5.46. The summed E-state index contributed by atoms with van der Waals surface area (Å²) in [6, 6.07) is 0. The second kappa shape index (κ2) is 6.50. The van der Waals surface area contributed by atoms with Crippen LogP contribution in [0, 0.1) is 0 Å². The van der Waals surface area contributed by atoms with Gasteiger partial charge in [0.15, 0.2) is 0 Å². The second-order valence-electron chi connectivity index (χ2n) is 3.36. The molecule has 0 bridgehead atoms. The molecule has 0 aromatic rings. The Hall–Kier alpha value is 0.930. The van der Waals surface area contributed by atoms with E-state index in [1.165, 1.54) is 0 Å². The predicted molar refractivity (Wildman–Crippen MR) is 67.7 cm³/mol. The number of hydrogen-bond acceptors (Lipinski definition) is 6. The molecule has 0 aliphatic carbocycles. The molecule has 3 N–H and O–H groups in total. The molecule has 0 aliphatic rings. The van der Waals surface area contributed by atoms with Crippen LogP contribution in [-0.4, -0.2) is 49.9 Å². The molecule has 0 spiro atoms. The van der Waals surface area contributed by atoms with Crippen LogP contribution >= 0.6 is 37.9 Å². The number of rotatable bonds is 6. The molecule has 4 unspecified atom stereocenters. The molecule has 3 nitrogen and oxygen atoms in total. The molecule has 0 radical (unpaired) electrons. The van der Waals surface area contributed by atoms with E-state index in [1.54, 1.807) is 6.92 Å². The third kappa shape index (κ3) is 3.50. The van der Waals surface area contributed by atoms with Crippen molar-refractivity contribution < 1.29 is 15.3 Å². The molecule has 14 heavy (non-hydrogen) atoms. The van der Waals surface area contributed by atoms with E-state index in [1.807, 2.05) is 0 Å². The first-order valence-corrected chi connectivity index (χ1v) is 5.98. The zero-order chi connectivity index (χ0) is 11.4. The van der Waals surface area contributed by atoms with Gasteiger partial charge in [-0.2, -0.15) is 37.9 Å². The monoisotopic (exact) mass is 258 g/mol. The minimum atomic E-state index is -1.23. The van der Waals surface area contributed by atoms with Crippen molar-refractivity contribution in [3.8, 4) is 0 Å². The van der Waals surface area contributed by atoms with Crippen molar-refractivity contribution in [2.45, 2.75) is 35.5 Å². The molecule has 4 atom stereocenters. The van der Waals surface area contributed by atoms with Gasteiger partial charge in [0.05, 0.1) is 23.6 Å². The Bertz CT molecular complexity index is 168. The Morgan fingerprint density at radius 3 is 2.14 bits per heavy atom. The van der Waals surface area contributed by atoms with Gasteiger partial charge in [-0.3, -0.25) is 0 Å². The Morgan fingerprint density at radius 2 is 1.86 bits per heavy atom. The summed E-state index contributed by atoms with van der Waals surface area (Å²) in [5, 5.41) is 28.2. The van der Waals surface area contributed by atoms with Gasteiger partial charge in [0, 0.05) is 5.25 Å². The Balaban J connectivity index is 4.59. The average molecular weight is 258 g/mol. The van der Waals surface area contributed by atoms with Gasteiger partial charge in [0.2, 0.25) is 0 Å². The molecule has 0 saturated carbocycles. The minimum Gasteiger partial charge on any atom is -0.395 e. The number of hydrogen-bond donors (Lipinski definition) is 6. The Labute approximate surface area is 101 Å². The van der Waals surface area contributed by atoms with E-state index < -0.39 is 23.6 Å². The van der Waals surface area contributed by atoms with E-state index in [9.17, 15) is 10.2 Å². The SMILES string of the molecule is CC(S)C(O)C(S)(CO)C(O)CCS. The van der Waals surface area contributed by atoms with Crippen molar-refractivity contribution in [2.24, 2.45) is 0 Å². The van der Waals surface area contributed by atoms with Crippen molar-refractivity contribution in [1.29, 1.82) is 0 Å². The third-order valence-electron chi connectivity index (χ3n) is 2.20. The van der Waals surface area contributed by atoms with E-state index in [0.717, 1.165) is 0 Å². The lowest BCUT2D eigenvalue weighted by Crippen LogP contribution is -2.53. The van der Waals surface area contributed by atoms with Crippen molar-refractivity contribution in [3.63, 3.8) is 0 Å². The highest BCUT2D eigenvalue weighted by molar-refractivity contribution is 7.82. The largest absolute Gasteiger partial charge is 0.395 e. The molecule has 0 rings (SSSR count). The summed E-state index contributed by atoms with van der Waals surface area (Å²) in [4.78, 5) is 0. The first-order valence-electron chi connectivity index (χ1n) is 4.38. The predicted octanol–water partition coefficient (Wildman–Crippen LogP) is 0.00730. The van der Waals surface area contributed by atoms with E-state index in [2.05, 4.69) is 37.9 Å². The summed E-state index contributed by atoms with van der Waals surface area (Å²) in [7, 11) is 0. The third-order valence-corrected chi connectivity index (χ3v) is 3.45. The van der Waals surface area contributed by atoms with Crippen LogP contribution in [0.25, 0.3) is 0 Å². The number of aliphatic hydroxyl groups excluding tert-OH is 3. The van der Waals surface area contributed by atoms with Crippen LogP contribution in [0.4, 0.5) is 0 Å². The highest BCUT2D eigenvalue weighted by atomic mass is 32.1. The molecule has 0 aromatic heterocycles. The molecular formula is C8H18O3S3. The zero-order valence-electron chi connectivity index (χ0n) is 8.04. The highest BCUT2D eigenvalue weighted by Gasteiger charge is 2.42. The standard InChI is InChI=1S/C8H18O3S3/c1-5(13)7(11)8(14,4-9)6(10)2-3-12/h5-7,9-14H,2-4H2,1H3. The van der Waals surface area contributed by atoms with Crippen LogP contribution in [0.15, 0.2) is 0 Å². The van der Waals surface area contributed by atoms with Gasteiger partial charge in [-0.15, -0.1) is 0 Å². The van der Waals surface area contributed by atoms with Gasteiger partial charge < -0.3 is 15.3 Å². The van der Waals surface area contributed by atoms with Crippen molar-refractivity contribution >= 4 is 37.9 Å². The van der Waals surface area contributed by atoms with Crippen LogP contribution in [0.5, 0.6) is 0 Å². The van der Waals surface area contributed by atoms with E-state index in [4.69, 9.17) is 5.11 Å². The summed E-state index contributed by atoms with van der Waals surface area (Å²) in [6.07, 6.45) is -1.52. The Kier molecular flexibility index (Phi) is 6.93. The van der Waals surface area contributed by atoms with E-state index in [0.29, 0.717) is 12.2 Å². The minimum absolute atomic E-state index is 0.366. The van der Waals surface area contributed by atoms with Crippen LogP contribution in [0.2, 0.25) is 0 Å². The Morgan fingerprint density at radius 1 is 1.36 bits per heavy atom. The van der Waals surface area contributed by atoms with E-state index >= 15 is 0 Å². The van der Waals surface area contributed by atoms with Crippen molar-refractivity contribution in [2.75, 3.05) is 12.4 Å². The molecule has 0 aromatic carbocycles. The quantitative estimate of drug-likeness (QED) is 0.381. The summed E-state index contributed by atoms with van der Waals surface area (Å²) >= 11 is 12.2. The fraction of sp³-hybridized carbons (Fsp3) is 1.00. The summed E-state index contributed by atoms with van der Waals surface area (Å²) in [5.41, 5.74) is 0. The van der Waals surface area contributed by atoms with Gasteiger partial charge in [-0.05, 0) is 12.2 Å². The first-order chi connectivity index (χ1) is 6.40. The highest BCUT2D eigenvalue weighted by Crippen LogP contribution is 2.29. The lowest BCUT2D eigenvalue weighted by atomic mass is 9.92. The van der Waals surface area contributed by atoms with Gasteiger partial charge >= 0.3 is 0 Å². The summed E-state index contributed by atoms with van der Waals surface area (Å²) < 4.78 is -1.23. The van der Waals surface area contributed by atoms with Gasteiger partial charge in [-0.25, -0.2) is 0 Å². The molecule has 0 aliphatic heterocycles. The van der Waals surface area contributed by atoms with Crippen LogP contribution < -0.4 is 0 Å². The number of thiol groups is 3. The smallest absolute Gasteiger partial charge is 0.0888 e. The van der Waals surface area contributed by atoms with Gasteiger partial charge in [0.1, 0.15) is 0 Å². The van der Waals surface area contributed by atoms with Gasteiger partial charge in [-0.1, -0.05) is 6.92 Å². The van der Waals surface area contributed by atoms with Crippen LogP contribution in [0.1, 0.15) is 13.3 Å². The lowest BCUT2D eigenvalue weighted by molar-refractivity contribution is 0.00869. The average Bonchev–Trinajstić information content (AvgIpc) is 2.15. The topological polar surface area (TPSA) is 60.7 Å². The normalized spacial score (nSPS) is 22.5. The van der Waals surface area contributed by atoms with Crippen molar-refractivity contribution in [1.82, 2.24) is 0 Å². The summed E-state index contributed by atoms with van der Waals surface area (Å²) in [5.74, 6) is 0.469. The van der Waals surface area contributed by atoms with Crippen LogP contribution in [-0.2, 0) is 0 Å². The maximum atomic E-state index is 9.74. The summed E-state index contributed by atoms with van der Waals surface area (Å²) in [6.45, 7) is 1.28. The maximum Gasteiger partial charge on any atom is 0.0888 e. The van der Waals surface area contributed by atoms with Crippen molar-refractivity contribution in [3.05, 3.63) is 0 Å². The maximum absolute atomic E-state index is 9.74. The molecule has 6 heteroatoms. The molecule has 0 saturated heterocycles. The zero-order valence-corrected chi connectivity index (χ0v) is 10.7. The molecule has 0 heterocycles. The fourth-order valence-corrected chi connectivity index (χ4v) is 2.17. The molecule has 0 fully saturated rings. The molecule has 86 valence electrons. The van der Waals surface area contributed by atoms with E-state index in [-0.39, 0.29) is 5.25 Å². The lowest BCUT2D eigenvalue weighted by Gasteiger charge is -2.37. The molecule has 0 amide bonds. The fourth-order valence-electron chi connectivity index (χ4n) is 1.19. The van der Waals surface area contributed by atoms with Gasteiger partial charge in [0.25, 0.3) is 0 Å². The molecular weight excluding hydrogens is 240 g/mol. The number of aliphatic hydroxyl groups is 3. The van der Waals surface area contributed by atoms with Crippen LogP contribution in [0.3, 0.4) is 0 Å².